The van der Waals surface area contributed by atoms with Crippen LogP contribution in [-0.4, -0.2) is 35.8 Å². The lowest BCUT2D eigenvalue weighted by Crippen LogP contribution is -2.53. The molecule has 1 atom stereocenters. The number of carbonyl (C=O) groups is 3. The van der Waals surface area contributed by atoms with Crippen LogP contribution in [0.15, 0.2) is 35.0 Å². The number of rotatable bonds is 7. The maximum Gasteiger partial charge on any atom is 0.256 e. The van der Waals surface area contributed by atoms with Crippen LogP contribution in [0, 0.1) is 11.6 Å². The van der Waals surface area contributed by atoms with Crippen molar-refractivity contribution in [1.82, 2.24) is 10.6 Å². The highest BCUT2D eigenvalue weighted by Crippen LogP contribution is 2.20. The van der Waals surface area contributed by atoms with Crippen molar-refractivity contribution in [3.05, 3.63) is 52.2 Å². The predicted octanol–water partition coefficient (Wildman–Crippen LogP) is 3.02. The Morgan fingerprint density at radius 2 is 1.77 bits per heavy atom. The van der Waals surface area contributed by atoms with E-state index in [4.69, 9.17) is 0 Å². The third-order valence-electron chi connectivity index (χ3n) is 4.04. The van der Waals surface area contributed by atoms with E-state index >= 15 is 0 Å². The Morgan fingerprint density at radius 3 is 2.30 bits per heavy atom. The molecule has 0 radical (unpaired) electrons. The number of nitrogens with zero attached hydrogens (tertiary/aromatic N) is 1. The molecule has 6 nitrogen and oxygen atoms in total. The van der Waals surface area contributed by atoms with E-state index in [1.807, 2.05) is 20.8 Å². The van der Waals surface area contributed by atoms with Gasteiger partial charge in [-0.1, -0.05) is 0 Å². The van der Waals surface area contributed by atoms with Crippen molar-refractivity contribution in [2.45, 2.75) is 45.7 Å². The summed E-state index contributed by atoms with van der Waals surface area (Å²) in [6, 6.07) is 3.43. The van der Waals surface area contributed by atoms with Gasteiger partial charge in [-0.3, -0.25) is 14.4 Å². The maximum absolute atomic E-state index is 13.3. The summed E-state index contributed by atoms with van der Waals surface area (Å²) in [4.78, 5) is 39.0. The highest BCUT2D eigenvalue weighted by molar-refractivity contribution is 7.08. The van der Waals surface area contributed by atoms with Crippen LogP contribution in [0.3, 0.4) is 0 Å². The van der Waals surface area contributed by atoms with Gasteiger partial charge in [-0.15, -0.1) is 0 Å². The fourth-order valence-electron chi connectivity index (χ4n) is 2.64. The van der Waals surface area contributed by atoms with E-state index in [0.29, 0.717) is 11.8 Å². The van der Waals surface area contributed by atoms with Crippen LogP contribution >= 0.6 is 11.3 Å². The summed E-state index contributed by atoms with van der Waals surface area (Å²) >= 11 is 1.33. The van der Waals surface area contributed by atoms with Crippen molar-refractivity contribution in [2.24, 2.45) is 0 Å². The van der Waals surface area contributed by atoms with Crippen molar-refractivity contribution in [2.75, 3.05) is 11.4 Å². The van der Waals surface area contributed by atoms with Crippen LogP contribution in [0.4, 0.5) is 14.5 Å². The molecule has 30 heavy (non-hydrogen) atoms. The zero-order chi connectivity index (χ0) is 22.5. The highest BCUT2D eigenvalue weighted by Gasteiger charge is 2.29. The molecule has 0 aliphatic carbocycles. The van der Waals surface area contributed by atoms with Crippen LogP contribution in [-0.2, 0) is 20.8 Å². The topological polar surface area (TPSA) is 78.5 Å². The lowest BCUT2D eigenvalue weighted by Gasteiger charge is -2.26. The Morgan fingerprint density at radius 1 is 1.13 bits per heavy atom. The molecule has 0 aliphatic rings. The van der Waals surface area contributed by atoms with Gasteiger partial charge in [-0.25, -0.2) is 13.7 Å². The number of hydrogen-bond acceptors (Lipinski definition) is 5. The third-order valence-corrected chi connectivity index (χ3v) is 4.71. The van der Waals surface area contributed by atoms with Gasteiger partial charge in [0.25, 0.3) is 5.91 Å². The van der Waals surface area contributed by atoms with Gasteiger partial charge in [0.05, 0.1) is 18.7 Å². The minimum absolute atomic E-state index is 0.0612. The summed E-state index contributed by atoms with van der Waals surface area (Å²) in [6.07, 6.45) is -0.301. The van der Waals surface area contributed by atoms with Crippen LogP contribution in [0.5, 0.6) is 0 Å². The van der Waals surface area contributed by atoms with Crippen LogP contribution in [0.1, 0.15) is 33.3 Å². The number of imide groups is 1. The van der Waals surface area contributed by atoms with E-state index in [0.717, 1.165) is 17.0 Å². The van der Waals surface area contributed by atoms with Gasteiger partial charge in [-0.2, -0.15) is 11.3 Å². The maximum atomic E-state index is 13.3. The Bertz CT molecular complexity index is 890. The molecule has 1 aromatic heterocycles. The van der Waals surface area contributed by atoms with Crippen LogP contribution < -0.4 is 15.5 Å². The Hall–Kier alpha value is -2.65. The molecule has 0 spiro atoms. The molecule has 0 saturated carbocycles. The van der Waals surface area contributed by atoms with E-state index < -0.39 is 35.4 Å². The first kappa shape index (κ1) is 23.6. The fourth-order valence-corrected chi connectivity index (χ4v) is 3.26. The van der Waals surface area contributed by atoms with Crippen molar-refractivity contribution in [3.63, 3.8) is 0 Å². The summed E-state index contributed by atoms with van der Waals surface area (Å²) in [5.41, 5.74) is 0.239. The Labute approximate surface area is 178 Å². The second kappa shape index (κ2) is 9.90. The fraction of sp³-hybridized carbons (Fsp3) is 0.381. The van der Waals surface area contributed by atoms with Gasteiger partial charge in [0.2, 0.25) is 11.8 Å². The largest absolute Gasteiger partial charge is 0.344 e. The molecule has 0 bridgehead atoms. The molecule has 2 rings (SSSR count). The van der Waals surface area contributed by atoms with E-state index in [1.165, 1.54) is 18.3 Å². The number of benzene rings is 1. The summed E-state index contributed by atoms with van der Waals surface area (Å²) < 4.78 is 26.6. The molecule has 9 heteroatoms. The van der Waals surface area contributed by atoms with Gasteiger partial charge in [-0.05, 0) is 56.8 Å². The zero-order valence-corrected chi connectivity index (χ0v) is 18.1. The molecule has 1 heterocycles. The summed E-state index contributed by atoms with van der Waals surface area (Å²) in [6.45, 7) is 7.09. The molecule has 162 valence electrons. The van der Waals surface area contributed by atoms with Crippen molar-refractivity contribution in [3.8, 4) is 0 Å². The molecule has 0 aliphatic heterocycles. The van der Waals surface area contributed by atoms with Gasteiger partial charge in [0.1, 0.15) is 17.7 Å². The van der Waals surface area contributed by atoms with Crippen molar-refractivity contribution < 1.29 is 23.2 Å². The Balaban J connectivity index is 2.09. The number of hydrogen-bond donors (Lipinski definition) is 2. The van der Waals surface area contributed by atoms with Crippen LogP contribution in [0.2, 0.25) is 0 Å². The molecular formula is C21H25F2N3O3S. The molecule has 3 amide bonds. The molecule has 2 N–H and O–H groups in total. The minimum Gasteiger partial charge on any atom is -0.344 e. The molecule has 2 aromatic rings. The second-order valence-corrected chi connectivity index (χ2v) is 8.68. The number of thiophene rings is 1. The quantitative estimate of drug-likeness (QED) is 0.698. The number of carbonyl (C=O) groups excluding carboxylic acids is 3. The molecule has 0 unspecified atom stereocenters. The molecule has 1 aromatic carbocycles. The van der Waals surface area contributed by atoms with E-state index in [9.17, 15) is 23.2 Å². The number of halogens is 2. The average Bonchev–Trinajstić information content (AvgIpc) is 3.12. The van der Waals surface area contributed by atoms with E-state index in [2.05, 4.69) is 10.6 Å². The first-order valence-corrected chi connectivity index (χ1v) is 10.3. The third kappa shape index (κ3) is 7.00. The van der Waals surface area contributed by atoms with E-state index in [-0.39, 0.29) is 24.1 Å². The molecule has 0 fully saturated rings. The summed E-state index contributed by atoms with van der Waals surface area (Å²) in [5.74, 6) is -3.23. The second-order valence-electron chi connectivity index (χ2n) is 7.90. The Kier molecular flexibility index (Phi) is 7.80. The number of amides is 3. The van der Waals surface area contributed by atoms with Crippen LogP contribution in [0.25, 0.3) is 0 Å². The molecule has 0 saturated heterocycles. The van der Waals surface area contributed by atoms with Gasteiger partial charge >= 0.3 is 0 Å². The van der Waals surface area contributed by atoms with Gasteiger partial charge in [0.15, 0.2) is 0 Å². The van der Waals surface area contributed by atoms with Gasteiger partial charge < -0.3 is 10.6 Å². The normalized spacial score (nSPS) is 12.3. The first-order valence-electron chi connectivity index (χ1n) is 9.34. The smallest absolute Gasteiger partial charge is 0.256 e. The number of nitrogens with one attached hydrogen (secondary N) is 2. The average molecular weight is 438 g/mol. The number of anilines is 1. The molecular weight excluding hydrogens is 412 g/mol. The highest BCUT2D eigenvalue weighted by atomic mass is 32.1. The van der Waals surface area contributed by atoms with Crippen molar-refractivity contribution in [1.29, 1.82) is 0 Å². The minimum atomic E-state index is -1.02. The standard InChI is InChI=1S/C21H25F2N3O3S/c1-13(25-18(27)9-14-7-15(22)10-16(23)8-14)20(29)26(17-5-6-30-12-17)19(28)11-24-21(2,3)4/h5-8,10,12-13,24H,9,11H2,1-4H3,(H,25,27)/t13-/m0/s1. The zero-order valence-electron chi connectivity index (χ0n) is 17.3. The first-order chi connectivity index (χ1) is 14.0. The monoisotopic (exact) mass is 437 g/mol. The predicted molar refractivity (Wildman–Crippen MR) is 112 cm³/mol. The van der Waals surface area contributed by atoms with E-state index in [1.54, 1.807) is 16.8 Å². The van der Waals surface area contributed by atoms with Gasteiger partial charge in [0, 0.05) is 17.0 Å². The SMILES string of the molecule is C[C@H](NC(=O)Cc1cc(F)cc(F)c1)C(=O)N(C(=O)CNC(C)(C)C)c1ccsc1. The summed E-state index contributed by atoms with van der Waals surface area (Å²) in [5, 5.41) is 8.94. The summed E-state index contributed by atoms with van der Waals surface area (Å²) in [7, 11) is 0. The van der Waals surface area contributed by atoms with Crippen molar-refractivity contribution >= 4 is 34.7 Å². The lowest BCUT2D eigenvalue weighted by molar-refractivity contribution is -0.130. The lowest BCUT2D eigenvalue weighted by atomic mass is 10.1.